The Balaban J connectivity index is 1.53. The topological polar surface area (TPSA) is 78.6 Å². The molecule has 0 unspecified atom stereocenters. The summed E-state index contributed by atoms with van der Waals surface area (Å²) >= 11 is 6.03. The van der Waals surface area contributed by atoms with Crippen molar-refractivity contribution in [3.05, 3.63) is 59.1 Å². The van der Waals surface area contributed by atoms with Crippen molar-refractivity contribution >= 4 is 34.6 Å². The first-order valence-electron chi connectivity index (χ1n) is 11.0. The predicted octanol–water partition coefficient (Wildman–Crippen LogP) is 5.06. The molecule has 0 saturated carbocycles. The van der Waals surface area contributed by atoms with E-state index in [0.29, 0.717) is 36.1 Å². The maximum Gasteiger partial charge on any atom is 0.296 e. The van der Waals surface area contributed by atoms with Gasteiger partial charge in [0.15, 0.2) is 5.58 Å². The van der Waals surface area contributed by atoms with Crippen molar-refractivity contribution in [2.45, 2.75) is 45.8 Å². The van der Waals surface area contributed by atoms with E-state index in [2.05, 4.69) is 10.3 Å². The number of hydrogen-bond donors (Lipinski definition) is 2. The Morgan fingerprint density at radius 1 is 1.19 bits per heavy atom. The maximum atomic E-state index is 13.5. The predicted molar refractivity (Wildman–Crippen MR) is 127 cm³/mol. The monoisotopic (exact) mass is 455 g/mol. The highest BCUT2D eigenvalue weighted by molar-refractivity contribution is 6.30. The smallest absolute Gasteiger partial charge is 0.296 e. The van der Waals surface area contributed by atoms with Gasteiger partial charge in [-0.15, -0.1) is 0 Å². The highest BCUT2D eigenvalue weighted by Crippen LogP contribution is 2.46. The largest absolute Gasteiger partial charge is 0.424 e. The number of aliphatic hydroxyl groups is 1. The Labute approximate surface area is 193 Å². The van der Waals surface area contributed by atoms with E-state index in [1.54, 1.807) is 12.1 Å². The van der Waals surface area contributed by atoms with Crippen molar-refractivity contribution in [2.24, 2.45) is 11.3 Å². The van der Waals surface area contributed by atoms with Crippen LogP contribution in [-0.4, -0.2) is 40.0 Å². The molecule has 1 fully saturated rings. The van der Waals surface area contributed by atoms with Crippen LogP contribution in [0.4, 0.5) is 6.01 Å². The van der Waals surface area contributed by atoms with Gasteiger partial charge in [0.1, 0.15) is 11.6 Å². The van der Waals surface area contributed by atoms with Crippen LogP contribution in [0.5, 0.6) is 0 Å². The molecule has 2 N–H and O–H groups in total. The zero-order chi connectivity index (χ0) is 23.1. The Bertz CT molecular complexity index is 1080. The van der Waals surface area contributed by atoms with Crippen molar-refractivity contribution < 1.29 is 14.3 Å². The summed E-state index contributed by atoms with van der Waals surface area (Å²) < 4.78 is 5.78. The number of likely N-dealkylation sites (tertiary alicyclic amines) is 1. The molecular weight excluding hydrogens is 426 g/mol. The number of para-hydroxylation sites is 2. The molecule has 6 nitrogen and oxygen atoms in total. The summed E-state index contributed by atoms with van der Waals surface area (Å²) in [5, 5.41) is 15.4. The Morgan fingerprint density at radius 2 is 1.88 bits per heavy atom. The third-order valence-corrected chi connectivity index (χ3v) is 6.84. The van der Waals surface area contributed by atoms with Gasteiger partial charge >= 0.3 is 0 Å². The number of nitrogens with zero attached hydrogens (tertiary/aromatic N) is 2. The van der Waals surface area contributed by atoms with Gasteiger partial charge in [-0.2, -0.15) is 4.98 Å². The van der Waals surface area contributed by atoms with E-state index in [-0.39, 0.29) is 11.8 Å². The lowest BCUT2D eigenvalue weighted by atomic mass is 9.66. The average molecular weight is 456 g/mol. The third kappa shape index (κ3) is 4.09. The quantitative estimate of drug-likeness (QED) is 0.562. The summed E-state index contributed by atoms with van der Waals surface area (Å²) in [6.07, 6.45) is 0.446. The van der Waals surface area contributed by atoms with Gasteiger partial charge in [0.25, 0.3) is 6.01 Å². The molecule has 1 amide bonds. The molecule has 0 bridgehead atoms. The third-order valence-electron chi connectivity index (χ3n) is 6.59. The molecule has 3 aromatic rings. The van der Waals surface area contributed by atoms with Crippen LogP contribution in [0, 0.1) is 11.3 Å². The van der Waals surface area contributed by atoms with Crippen LogP contribution in [-0.2, 0) is 10.4 Å². The van der Waals surface area contributed by atoms with Crippen molar-refractivity contribution in [2.75, 3.05) is 18.4 Å². The molecule has 0 spiro atoms. The van der Waals surface area contributed by atoms with E-state index >= 15 is 0 Å². The Hall–Kier alpha value is -2.57. The first-order chi connectivity index (χ1) is 15.1. The van der Waals surface area contributed by atoms with Crippen molar-refractivity contribution in [3.63, 3.8) is 0 Å². The standard InChI is InChI=1S/C25H30ClN3O3/c1-16(2)21(28-23-27-19-7-5-6-8-20(19)32-23)22(30)29-14-13-25(31,24(3,4)15-29)17-9-11-18(26)12-10-17/h5-12,16,21,31H,13-15H2,1-4H3,(H,27,28)/t21-,25+/m1/s1. The van der Waals surface area contributed by atoms with E-state index in [0.717, 1.165) is 11.1 Å². The molecule has 1 aliphatic heterocycles. The van der Waals surface area contributed by atoms with Gasteiger partial charge in [-0.3, -0.25) is 4.79 Å². The number of carbonyl (C=O) groups excluding carboxylic acids is 1. The number of rotatable bonds is 5. The number of aromatic nitrogens is 1. The molecule has 4 rings (SSSR count). The fraction of sp³-hybridized carbons (Fsp3) is 0.440. The second-order valence-corrected chi connectivity index (χ2v) is 10.1. The van der Waals surface area contributed by atoms with Gasteiger partial charge < -0.3 is 19.7 Å². The number of nitrogens with one attached hydrogen (secondary N) is 1. The van der Waals surface area contributed by atoms with Crippen LogP contribution in [0.2, 0.25) is 5.02 Å². The molecule has 1 aromatic heterocycles. The van der Waals surface area contributed by atoms with E-state index in [9.17, 15) is 9.90 Å². The zero-order valence-electron chi connectivity index (χ0n) is 18.9. The Morgan fingerprint density at radius 3 is 2.50 bits per heavy atom. The second-order valence-electron chi connectivity index (χ2n) is 9.61. The van der Waals surface area contributed by atoms with Gasteiger partial charge in [-0.25, -0.2) is 0 Å². The first kappa shape index (κ1) is 22.6. The van der Waals surface area contributed by atoms with Crippen molar-refractivity contribution in [1.82, 2.24) is 9.88 Å². The number of halogens is 1. The summed E-state index contributed by atoms with van der Waals surface area (Å²) in [4.78, 5) is 19.8. The first-order valence-corrected chi connectivity index (χ1v) is 11.4. The highest BCUT2D eigenvalue weighted by atomic mass is 35.5. The van der Waals surface area contributed by atoms with E-state index in [1.165, 1.54) is 0 Å². The summed E-state index contributed by atoms with van der Waals surface area (Å²) in [5.41, 5.74) is 0.654. The highest BCUT2D eigenvalue weighted by Gasteiger charge is 2.50. The molecular formula is C25H30ClN3O3. The van der Waals surface area contributed by atoms with Gasteiger partial charge in [0.2, 0.25) is 5.91 Å². The average Bonchev–Trinajstić information content (AvgIpc) is 3.16. The second kappa shape index (κ2) is 8.41. The van der Waals surface area contributed by atoms with Crippen LogP contribution in [0.3, 0.4) is 0 Å². The van der Waals surface area contributed by atoms with Crippen molar-refractivity contribution in [3.8, 4) is 0 Å². The summed E-state index contributed by atoms with van der Waals surface area (Å²) in [7, 11) is 0. The number of oxazole rings is 1. The number of hydrogen-bond acceptors (Lipinski definition) is 5. The van der Waals surface area contributed by atoms with Gasteiger partial charge in [0, 0.05) is 23.5 Å². The van der Waals surface area contributed by atoms with Gasteiger partial charge in [0.05, 0.1) is 5.60 Å². The fourth-order valence-electron chi connectivity index (χ4n) is 4.55. The Kier molecular flexibility index (Phi) is 5.94. The fourth-order valence-corrected chi connectivity index (χ4v) is 4.67. The molecule has 1 saturated heterocycles. The molecule has 2 atom stereocenters. The van der Waals surface area contributed by atoms with E-state index in [1.807, 2.05) is 69.0 Å². The lowest BCUT2D eigenvalue weighted by molar-refractivity contribution is -0.154. The van der Waals surface area contributed by atoms with Gasteiger partial charge in [-0.1, -0.05) is 63.6 Å². The molecule has 2 heterocycles. The molecule has 7 heteroatoms. The summed E-state index contributed by atoms with van der Waals surface area (Å²) in [6, 6.07) is 14.7. The molecule has 32 heavy (non-hydrogen) atoms. The zero-order valence-corrected chi connectivity index (χ0v) is 19.7. The maximum absolute atomic E-state index is 13.5. The number of anilines is 1. The summed E-state index contributed by atoms with van der Waals surface area (Å²) in [6.45, 7) is 8.89. The van der Waals surface area contributed by atoms with Gasteiger partial charge in [-0.05, 0) is 42.2 Å². The van der Waals surface area contributed by atoms with Crippen LogP contribution in [0.15, 0.2) is 52.9 Å². The van der Waals surface area contributed by atoms with E-state index < -0.39 is 17.1 Å². The number of fused-ring (bicyclic) bond motifs is 1. The summed E-state index contributed by atoms with van der Waals surface area (Å²) in [5.74, 6) is 0.00573. The molecule has 170 valence electrons. The van der Waals surface area contributed by atoms with Crippen LogP contribution in [0.25, 0.3) is 11.1 Å². The molecule has 0 radical (unpaired) electrons. The number of piperidine rings is 1. The number of benzene rings is 2. The SMILES string of the molecule is CC(C)[C@@H](Nc1nc2ccccc2o1)C(=O)N1CC[C@](O)(c2ccc(Cl)cc2)C(C)(C)C1. The van der Waals surface area contributed by atoms with Crippen molar-refractivity contribution in [1.29, 1.82) is 0 Å². The molecule has 2 aromatic carbocycles. The van der Waals surface area contributed by atoms with Crippen LogP contribution >= 0.6 is 11.6 Å². The normalized spacial score (nSPS) is 21.7. The lowest BCUT2D eigenvalue weighted by Crippen LogP contribution is -2.59. The van der Waals surface area contributed by atoms with E-state index in [4.69, 9.17) is 16.0 Å². The number of amides is 1. The van der Waals surface area contributed by atoms with Crippen LogP contribution < -0.4 is 5.32 Å². The minimum Gasteiger partial charge on any atom is -0.424 e. The lowest BCUT2D eigenvalue weighted by Gasteiger charge is -2.51. The molecule has 0 aliphatic carbocycles. The minimum atomic E-state index is -1.05. The number of carbonyl (C=O) groups is 1. The minimum absolute atomic E-state index is 0.0199. The van der Waals surface area contributed by atoms with Crippen LogP contribution in [0.1, 0.15) is 39.7 Å². The molecule has 1 aliphatic rings.